The largest absolute Gasteiger partial charge is 0.286 e. The fourth-order valence-electron chi connectivity index (χ4n) is 2.03. The van der Waals surface area contributed by atoms with Gasteiger partial charge in [0.1, 0.15) is 5.82 Å². The van der Waals surface area contributed by atoms with E-state index in [0.717, 1.165) is 6.08 Å². The fraction of sp³-hybridized carbons (Fsp3) is 0. The Labute approximate surface area is 90.4 Å². The lowest BCUT2D eigenvalue weighted by Crippen LogP contribution is -2.06. The third-order valence-electron chi connectivity index (χ3n) is 2.76. The Morgan fingerprint density at radius 2 is 1.81 bits per heavy atom. The summed E-state index contributed by atoms with van der Waals surface area (Å²) >= 11 is 0. The van der Waals surface area contributed by atoms with Gasteiger partial charge in [0.05, 0.1) is 0 Å². The monoisotopic (exact) mass is 216 g/mol. The Hall–Kier alpha value is -2.03. The molecule has 0 unspecified atom stereocenters. The molecule has 3 heteroatoms. The highest BCUT2D eigenvalue weighted by Crippen LogP contribution is 2.40. The van der Waals surface area contributed by atoms with Gasteiger partial charge in [-0.25, -0.2) is 8.78 Å². The molecule has 1 aromatic carbocycles. The summed E-state index contributed by atoms with van der Waals surface area (Å²) in [6, 6.07) is 4.60. The quantitative estimate of drug-likeness (QED) is 0.651. The number of halogens is 2. The highest BCUT2D eigenvalue weighted by molar-refractivity contribution is 6.25. The molecule has 1 nitrogen and oxygen atoms in total. The Morgan fingerprint density at radius 3 is 2.62 bits per heavy atom. The molecule has 3 rings (SSSR count). The first-order valence-corrected chi connectivity index (χ1v) is 4.81. The highest BCUT2D eigenvalue weighted by Gasteiger charge is 2.30. The molecule has 2 aliphatic carbocycles. The van der Waals surface area contributed by atoms with Crippen molar-refractivity contribution in [2.75, 3.05) is 0 Å². The van der Waals surface area contributed by atoms with Crippen LogP contribution in [0.25, 0.3) is 11.6 Å². The maximum Gasteiger partial charge on any atom is 0.221 e. The number of rotatable bonds is 0. The van der Waals surface area contributed by atoms with Gasteiger partial charge in [0.2, 0.25) is 5.78 Å². The van der Waals surface area contributed by atoms with Crippen LogP contribution in [0.2, 0.25) is 0 Å². The molecule has 0 saturated heterocycles. The third-order valence-corrected chi connectivity index (χ3v) is 2.76. The number of carbonyl (C=O) groups is 1. The van der Waals surface area contributed by atoms with E-state index in [-0.39, 0.29) is 5.57 Å². The molecule has 0 spiro atoms. The van der Waals surface area contributed by atoms with Crippen LogP contribution in [0.5, 0.6) is 0 Å². The first kappa shape index (κ1) is 9.21. The fourth-order valence-corrected chi connectivity index (χ4v) is 2.03. The van der Waals surface area contributed by atoms with E-state index in [0.29, 0.717) is 16.7 Å². The number of carbonyl (C=O) groups excluding carboxylic acids is 1. The molecule has 16 heavy (non-hydrogen) atoms. The van der Waals surface area contributed by atoms with Gasteiger partial charge >= 0.3 is 0 Å². The third kappa shape index (κ3) is 1.05. The smallest absolute Gasteiger partial charge is 0.221 e. The lowest BCUT2D eigenvalue weighted by molar-refractivity contribution is -0.113. The minimum Gasteiger partial charge on any atom is -0.286 e. The summed E-state index contributed by atoms with van der Waals surface area (Å²) in [5.74, 6) is -1.87. The number of ketones is 1. The summed E-state index contributed by atoms with van der Waals surface area (Å²) in [7, 11) is 0. The molecule has 0 radical (unpaired) electrons. The summed E-state index contributed by atoms with van der Waals surface area (Å²) in [4.78, 5) is 11.5. The van der Waals surface area contributed by atoms with E-state index in [1.54, 1.807) is 12.1 Å². The Bertz CT molecular complexity index is 606. The van der Waals surface area contributed by atoms with E-state index in [4.69, 9.17) is 0 Å². The average Bonchev–Trinajstić information content (AvgIpc) is 2.64. The zero-order valence-corrected chi connectivity index (χ0v) is 8.13. The van der Waals surface area contributed by atoms with Crippen molar-refractivity contribution in [3.8, 4) is 0 Å². The van der Waals surface area contributed by atoms with Gasteiger partial charge in [0.25, 0.3) is 0 Å². The normalized spacial score (nSPS) is 17.4. The standard InChI is InChI=1S/C13H6F2O/c14-10-3-1-2-7-6-9-8(12(7)10)4-5-11(15)13(9)16/h1-6H. The van der Waals surface area contributed by atoms with Gasteiger partial charge in [0.15, 0.2) is 5.83 Å². The number of fused-ring (bicyclic) bond motifs is 3. The van der Waals surface area contributed by atoms with Crippen molar-refractivity contribution in [2.45, 2.75) is 0 Å². The SMILES string of the molecule is O=C1C(F)=CC=C2C1=Cc1cccc(F)c12. The van der Waals surface area contributed by atoms with Crippen LogP contribution in [0.15, 0.2) is 41.8 Å². The lowest BCUT2D eigenvalue weighted by Gasteiger charge is -2.09. The van der Waals surface area contributed by atoms with Crippen LogP contribution >= 0.6 is 0 Å². The van der Waals surface area contributed by atoms with Gasteiger partial charge in [-0.15, -0.1) is 0 Å². The lowest BCUT2D eigenvalue weighted by atomic mass is 9.95. The Kier molecular flexibility index (Phi) is 1.72. The molecule has 0 bridgehead atoms. The van der Waals surface area contributed by atoms with Crippen molar-refractivity contribution in [1.29, 1.82) is 0 Å². The van der Waals surface area contributed by atoms with Gasteiger partial charge in [0, 0.05) is 11.1 Å². The summed E-state index contributed by atoms with van der Waals surface area (Å²) in [6.07, 6.45) is 4.05. The van der Waals surface area contributed by atoms with E-state index in [1.807, 2.05) is 0 Å². The molecule has 0 heterocycles. The predicted molar refractivity (Wildman–Crippen MR) is 56.6 cm³/mol. The molecule has 0 fully saturated rings. The molecular formula is C13H6F2O. The Balaban J connectivity index is 2.29. The van der Waals surface area contributed by atoms with Crippen molar-refractivity contribution in [2.24, 2.45) is 0 Å². The van der Waals surface area contributed by atoms with Gasteiger partial charge in [-0.1, -0.05) is 18.2 Å². The van der Waals surface area contributed by atoms with Gasteiger partial charge in [-0.05, 0) is 29.4 Å². The molecule has 1 aromatic rings. The van der Waals surface area contributed by atoms with Crippen LogP contribution in [0.3, 0.4) is 0 Å². The molecule has 0 saturated carbocycles. The predicted octanol–water partition coefficient (Wildman–Crippen LogP) is 3.04. The van der Waals surface area contributed by atoms with Gasteiger partial charge in [-0.3, -0.25) is 4.79 Å². The van der Waals surface area contributed by atoms with Crippen LogP contribution in [0.1, 0.15) is 11.1 Å². The van der Waals surface area contributed by atoms with E-state index in [9.17, 15) is 13.6 Å². The van der Waals surface area contributed by atoms with Crippen LogP contribution in [0.4, 0.5) is 8.78 Å². The van der Waals surface area contributed by atoms with E-state index < -0.39 is 17.4 Å². The minimum absolute atomic E-state index is 0.236. The first-order valence-electron chi connectivity index (χ1n) is 4.81. The number of benzene rings is 1. The number of Topliss-reactive ketones (excluding diaryl/α,β-unsaturated/α-hetero) is 1. The summed E-state index contributed by atoms with van der Waals surface area (Å²) in [5.41, 5.74) is 1.71. The van der Waals surface area contributed by atoms with Crippen molar-refractivity contribution in [3.05, 3.63) is 58.7 Å². The average molecular weight is 216 g/mol. The zero-order valence-electron chi connectivity index (χ0n) is 8.13. The van der Waals surface area contributed by atoms with Gasteiger partial charge < -0.3 is 0 Å². The zero-order chi connectivity index (χ0) is 11.3. The van der Waals surface area contributed by atoms with E-state index in [2.05, 4.69) is 0 Å². The number of hydrogen-bond donors (Lipinski definition) is 0. The molecule has 78 valence electrons. The minimum atomic E-state index is -0.803. The molecule has 0 N–H and O–H groups in total. The van der Waals surface area contributed by atoms with Crippen LogP contribution in [0, 0.1) is 5.82 Å². The van der Waals surface area contributed by atoms with Crippen LogP contribution < -0.4 is 0 Å². The maximum absolute atomic E-state index is 13.6. The topological polar surface area (TPSA) is 17.1 Å². The van der Waals surface area contributed by atoms with E-state index >= 15 is 0 Å². The van der Waals surface area contributed by atoms with Crippen molar-refractivity contribution in [1.82, 2.24) is 0 Å². The van der Waals surface area contributed by atoms with E-state index in [1.165, 1.54) is 18.2 Å². The van der Waals surface area contributed by atoms with Crippen LogP contribution in [-0.4, -0.2) is 5.78 Å². The summed E-state index contributed by atoms with van der Waals surface area (Å²) in [6.45, 7) is 0. The van der Waals surface area contributed by atoms with Crippen LogP contribution in [-0.2, 0) is 4.79 Å². The molecule has 0 amide bonds. The highest BCUT2D eigenvalue weighted by atomic mass is 19.1. The van der Waals surface area contributed by atoms with Crippen molar-refractivity contribution < 1.29 is 13.6 Å². The Morgan fingerprint density at radius 1 is 1.00 bits per heavy atom. The van der Waals surface area contributed by atoms with Crippen molar-refractivity contribution in [3.63, 3.8) is 0 Å². The molecule has 0 aliphatic heterocycles. The van der Waals surface area contributed by atoms with Crippen molar-refractivity contribution >= 4 is 17.4 Å². The number of allylic oxidation sites excluding steroid dienone is 5. The first-order chi connectivity index (χ1) is 7.68. The number of hydrogen-bond acceptors (Lipinski definition) is 1. The summed E-state index contributed by atoms with van der Waals surface area (Å²) < 4.78 is 26.7. The van der Waals surface area contributed by atoms with Gasteiger partial charge in [-0.2, -0.15) is 0 Å². The molecule has 0 atom stereocenters. The second-order valence-corrected chi connectivity index (χ2v) is 3.69. The maximum atomic E-state index is 13.6. The second kappa shape index (κ2) is 2.98. The summed E-state index contributed by atoms with van der Waals surface area (Å²) in [5, 5.41) is 0. The second-order valence-electron chi connectivity index (χ2n) is 3.69. The molecule has 0 aromatic heterocycles. The molecular weight excluding hydrogens is 210 g/mol. The molecule has 2 aliphatic rings.